The summed E-state index contributed by atoms with van der Waals surface area (Å²) in [7, 11) is 0. The van der Waals surface area contributed by atoms with Crippen molar-refractivity contribution in [1.29, 1.82) is 0 Å². The average molecular weight is 439 g/mol. The molecule has 0 saturated heterocycles. The van der Waals surface area contributed by atoms with Gasteiger partial charge in [0.15, 0.2) is 0 Å². The third-order valence-electron chi connectivity index (χ3n) is 4.93. The van der Waals surface area contributed by atoms with Gasteiger partial charge in [-0.3, -0.25) is 0 Å². The molecular weight excluding hydrogens is 422 g/mol. The first kappa shape index (κ1) is 20.0. The lowest BCUT2D eigenvalue weighted by Gasteiger charge is -2.10. The van der Waals surface area contributed by atoms with E-state index in [0.717, 1.165) is 27.8 Å². The van der Waals surface area contributed by atoms with Crippen molar-refractivity contribution in [2.75, 3.05) is 0 Å². The molecule has 0 atom stereocenters. The summed E-state index contributed by atoms with van der Waals surface area (Å²) in [5.41, 5.74) is 4.00. The Morgan fingerprint density at radius 1 is 0.812 bits per heavy atom. The zero-order valence-electron chi connectivity index (χ0n) is 16.8. The Morgan fingerprint density at radius 3 is 2.22 bits per heavy atom. The summed E-state index contributed by atoms with van der Waals surface area (Å²) in [6.45, 7) is 0. The second-order valence-electron chi connectivity index (χ2n) is 7.08. The SMILES string of the molecule is O=c1cc(CSc2nnc(-c3ccccc3)c(-c3ccccc3)n2)c2ccc(O)cc2o1. The topological polar surface area (TPSA) is 89.1 Å². The van der Waals surface area contributed by atoms with E-state index in [-0.39, 0.29) is 5.75 Å². The molecule has 0 fully saturated rings. The molecule has 32 heavy (non-hydrogen) atoms. The normalized spacial score (nSPS) is 11.0. The highest BCUT2D eigenvalue weighted by Crippen LogP contribution is 2.31. The largest absolute Gasteiger partial charge is 0.508 e. The van der Waals surface area contributed by atoms with Crippen LogP contribution in [0.5, 0.6) is 5.75 Å². The van der Waals surface area contributed by atoms with E-state index in [1.807, 2.05) is 60.7 Å². The molecule has 0 bridgehead atoms. The van der Waals surface area contributed by atoms with Gasteiger partial charge in [0.25, 0.3) is 0 Å². The molecule has 0 saturated carbocycles. The molecular formula is C25H17N3O3S. The highest BCUT2D eigenvalue weighted by atomic mass is 32.2. The molecule has 5 rings (SSSR count). The summed E-state index contributed by atoms with van der Waals surface area (Å²) >= 11 is 1.39. The predicted molar refractivity (Wildman–Crippen MR) is 124 cm³/mol. The van der Waals surface area contributed by atoms with Crippen molar-refractivity contribution >= 4 is 22.7 Å². The van der Waals surface area contributed by atoms with Crippen LogP contribution < -0.4 is 5.63 Å². The Morgan fingerprint density at radius 2 is 1.50 bits per heavy atom. The third kappa shape index (κ3) is 4.10. The van der Waals surface area contributed by atoms with Gasteiger partial charge >= 0.3 is 5.63 Å². The van der Waals surface area contributed by atoms with E-state index in [1.54, 1.807) is 12.1 Å². The lowest BCUT2D eigenvalue weighted by molar-refractivity contribution is 0.473. The number of thioether (sulfide) groups is 1. The molecule has 0 amide bonds. The van der Waals surface area contributed by atoms with E-state index in [1.165, 1.54) is 23.9 Å². The number of aromatic nitrogens is 3. The van der Waals surface area contributed by atoms with Gasteiger partial charge in [-0.1, -0.05) is 72.4 Å². The zero-order valence-corrected chi connectivity index (χ0v) is 17.6. The monoisotopic (exact) mass is 439 g/mol. The van der Waals surface area contributed by atoms with Gasteiger partial charge in [0.2, 0.25) is 5.16 Å². The average Bonchev–Trinajstić information content (AvgIpc) is 2.83. The molecule has 0 unspecified atom stereocenters. The summed E-state index contributed by atoms with van der Waals surface area (Å²) in [4.78, 5) is 16.8. The number of fused-ring (bicyclic) bond motifs is 1. The van der Waals surface area contributed by atoms with E-state index < -0.39 is 5.63 Å². The Hall–Kier alpha value is -3.97. The van der Waals surface area contributed by atoms with Gasteiger partial charge in [-0.15, -0.1) is 10.2 Å². The quantitative estimate of drug-likeness (QED) is 0.293. The van der Waals surface area contributed by atoms with Gasteiger partial charge < -0.3 is 9.52 Å². The smallest absolute Gasteiger partial charge is 0.336 e. The van der Waals surface area contributed by atoms with E-state index in [0.29, 0.717) is 22.2 Å². The van der Waals surface area contributed by atoms with Gasteiger partial charge in [0, 0.05) is 34.4 Å². The number of phenolic OH excluding ortho intramolecular Hbond substituents is 1. The lowest BCUT2D eigenvalue weighted by Crippen LogP contribution is -2.01. The zero-order chi connectivity index (χ0) is 21.9. The van der Waals surface area contributed by atoms with Gasteiger partial charge in [-0.25, -0.2) is 9.78 Å². The highest BCUT2D eigenvalue weighted by molar-refractivity contribution is 7.98. The van der Waals surface area contributed by atoms with Crippen LogP contribution in [0.15, 0.2) is 99.3 Å². The molecule has 0 radical (unpaired) electrons. The van der Waals surface area contributed by atoms with Crippen molar-refractivity contribution in [2.45, 2.75) is 10.9 Å². The van der Waals surface area contributed by atoms with Crippen LogP contribution in [0.2, 0.25) is 0 Å². The van der Waals surface area contributed by atoms with E-state index >= 15 is 0 Å². The van der Waals surface area contributed by atoms with Crippen LogP contribution in [0.1, 0.15) is 5.56 Å². The summed E-state index contributed by atoms with van der Waals surface area (Å²) in [6, 6.07) is 25.9. The molecule has 0 aliphatic rings. The number of rotatable bonds is 5. The van der Waals surface area contributed by atoms with Crippen molar-refractivity contribution in [3.8, 4) is 28.3 Å². The molecule has 1 N–H and O–H groups in total. The Kier molecular flexibility index (Phi) is 5.39. The second kappa shape index (κ2) is 8.64. The Labute approximate surface area is 187 Å². The number of benzene rings is 3. The second-order valence-corrected chi connectivity index (χ2v) is 8.03. The van der Waals surface area contributed by atoms with Gasteiger partial charge in [-0.2, -0.15) is 0 Å². The van der Waals surface area contributed by atoms with Crippen LogP contribution in [0.4, 0.5) is 0 Å². The van der Waals surface area contributed by atoms with Crippen molar-refractivity contribution in [1.82, 2.24) is 15.2 Å². The minimum absolute atomic E-state index is 0.0435. The minimum atomic E-state index is -0.470. The molecule has 2 heterocycles. The number of hydrogen-bond acceptors (Lipinski definition) is 7. The highest BCUT2D eigenvalue weighted by Gasteiger charge is 2.15. The maximum atomic E-state index is 12.0. The molecule has 0 aliphatic heterocycles. The van der Waals surface area contributed by atoms with Crippen LogP contribution in [-0.4, -0.2) is 20.3 Å². The molecule has 2 aromatic heterocycles. The number of nitrogens with zero attached hydrogens (tertiary/aromatic N) is 3. The third-order valence-corrected chi connectivity index (χ3v) is 5.82. The van der Waals surface area contributed by atoms with Crippen LogP contribution in [0.25, 0.3) is 33.5 Å². The minimum Gasteiger partial charge on any atom is -0.508 e. The first-order chi connectivity index (χ1) is 15.7. The summed E-state index contributed by atoms with van der Waals surface area (Å²) in [5, 5.41) is 19.8. The number of aromatic hydroxyl groups is 1. The van der Waals surface area contributed by atoms with Crippen molar-refractivity contribution in [3.63, 3.8) is 0 Å². The maximum Gasteiger partial charge on any atom is 0.336 e. The van der Waals surface area contributed by atoms with E-state index in [4.69, 9.17) is 9.40 Å². The van der Waals surface area contributed by atoms with Crippen molar-refractivity contribution in [3.05, 3.63) is 101 Å². The Bertz CT molecular complexity index is 1450. The molecule has 7 heteroatoms. The van der Waals surface area contributed by atoms with Gasteiger partial charge in [0.1, 0.15) is 22.7 Å². The van der Waals surface area contributed by atoms with Crippen LogP contribution >= 0.6 is 11.8 Å². The maximum absolute atomic E-state index is 12.0. The summed E-state index contributed by atoms with van der Waals surface area (Å²) in [6.07, 6.45) is 0. The first-order valence-electron chi connectivity index (χ1n) is 9.91. The fourth-order valence-electron chi connectivity index (χ4n) is 3.44. The summed E-state index contributed by atoms with van der Waals surface area (Å²) < 4.78 is 5.21. The van der Waals surface area contributed by atoms with Gasteiger partial charge in [-0.05, 0) is 17.7 Å². The van der Waals surface area contributed by atoms with Crippen molar-refractivity contribution < 1.29 is 9.52 Å². The van der Waals surface area contributed by atoms with Crippen molar-refractivity contribution in [2.24, 2.45) is 0 Å². The fourth-order valence-corrected chi connectivity index (χ4v) is 4.22. The lowest BCUT2D eigenvalue weighted by atomic mass is 10.0. The van der Waals surface area contributed by atoms with Crippen LogP contribution in [-0.2, 0) is 5.75 Å². The molecule has 0 spiro atoms. The van der Waals surface area contributed by atoms with Gasteiger partial charge in [0.05, 0.1) is 0 Å². The summed E-state index contributed by atoms with van der Waals surface area (Å²) in [5.74, 6) is 0.495. The van der Waals surface area contributed by atoms with E-state index in [9.17, 15) is 9.90 Å². The molecule has 156 valence electrons. The number of phenols is 1. The van der Waals surface area contributed by atoms with E-state index in [2.05, 4.69) is 10.2 Å². The number of hydrogen-bond donors (Lipinski definition) is 1. The molecule has 6 nitrogen and oxygen atoms in total. The molecule has 0 aliphatic carbocycles. The molecule has 5 aromatic rings. The first-order valence-corrected chi connectivity index (χ1v) is 10.9. The molecule has 3 aromatic carbocycles. The predicted octanol–water partition coefficient (Wildman–Crippen LogP) is 5.31. The van der Waals surface area contributed by atoms with Crippen LogP contribution in [0, 0.1) is 0 Å². The standard InChI is InChI=1S/C25H17N3O3S/c29-19-11-12-20-18(13-22(30)31-21(20)14-19)15-32-25-26-23(16-7-3-1-4-8-16)24(27-28-25)17-9-5-2-6-10-17/h1-14,29H,15H2. The Balaban J connectivity index is 1.52. The fraction of sp³-hybridized carbons (Fsp3) is 0.0400. The van der Waals surface area contributed by atoms with Crippen LogP contribution in [0.3, 0.4) is 0 Å².